The number of nitrogens with zero attached hydrogens (tertiary/aromatic N) is 4. The molecule has 11 heteroatoms. The van der Waals surface area contributed by atoms with Crippen LogP contribution < -0.4 is 14.4 Å². The smallest absolute Gasteiger partial charge is 0.387 e. The van der Waals surface area contributed by atoms with Crippen molar-refractivity contribution in [1.29, 1.82) is 0 Å². The molecule has 1 aliphatic rings. The molecule has 0 aromatic heterocycles. The quantitative estimate of drug-likeness (QED) is 0.382. The van der Waals surface area contributed by atoms with Gasteiger partial charge in [-0.15, -0.1) is 0 Å². The van der Waals surface area contributed by atoms with E-state index in [1.807, 2.05) is 9.80 Å². The van der Waals surface area contributed by atoms with E-state index in [1.165, 1.54) is 12.1 Å². The number of amides is 1. The van der Waals surface area contributed by atoms with Gasteiger partial charge in [-0.05, 0) is 37.7 Å². The minimum atomic E-state index is -2.95. The Kier molecular flexibility index (Phi) is 8.58. The van der Waals surface area contributed by atoms with Gasteiger partial charge in [-0.25, -0.2) is 0 Å². The second kappa shape index (κ2) is 11.6. The number of nitro benzene ring substituents is 1. The van der Waals surface area contributed by atoms with Gasteiger partial charge < -0.3 is 19.3 Å². The maximum atomic E-state index is 12.8. The van der Waals surface area contributed by atoms with Gasteiger partial charge in [0.05, 0.1) is 18.1 Å². The van der Waals surface area contributed by atoms with Gasteiger partial charge in [0, 0.05) is 38.8 Å². The van der Waals surface area contributed by atoms with Crippen molar-refractivity contribution in [3.05, 3.63) is 58.1 Å². The molecule has 2 aromatic carbocycles. The molecule has 0 N–H and O–H groups in total. The Bertz CT molecular complexity index is 999. The second-order valence-corrected chi connectivity index (χ2v) is 7.88. The van der Waals surface area contributed by atoms with E-state index in [-0.39, 0.29) is 29.6 Å². The number of benzene rings is 2. The van der Waals surface area contributed by atoms with Crippen molar-refractivity contribution < 1.29 is 28.0 Å². The Morgan fingerprint density at radius 1 is 1.15 bits per heavy atom. The summed E-state index contributed by atoms with van der Waals surface area (Å²) in [6.07, 6.45) is 0. The second-order valence-electron chi connectivity index (χ2n) is 7.88. The highest BCUT2D eigenvalue weighted by Crippen LogP contribution is 2.30. The van der Waals surface area contributed by atoms with Crippen molar-refractivity contribution in [3.8, 4) is 11.5 Å². The van der Waals surface area contributed by atoms with Crippen LogP contribution in [0.5, 0.6) is 11.5 Å². The highest BCUT2D eigenvalue weighted by Gasteiger charge is 2.26. The molecule has 0 radical (unpaired) electrons. The Morgan fingerprint density at radius 2 is 1.85 bits per heavy atom. The van der Waals surface area contributed by atoms with E-state index in [9.17, 15) is 23.7 Å². The zero-order valence-corrected chi connectivity index (χ0v) is 19.2. The molecule has 1 saturated heterocycles. The van der Waals surface area contributed by atoms with Crippen LogP contribution in [0, 0.1) is 10.1 Å². The van der Waals surface area contributed by atoms with Crippen molar-refractivity contribution in [3.63, 3.8) is 0 Å². The fourth-order valence-corrected chi connectivity index (χ4v) is 3.89. The van der Waals surface area contributed by atoms with Crippen LogP contribution >= 0.6 is 0 Å². The third kappa shape index (κ3) is 6.53. The number of carbonyl (C=O) groups is 1. The highest BCUT2D eigenvalue weighted by atomic mass is 19.3. The summed E-state index contributed by atoms with van der Waals surface area (Å²) in [4.78, 5) is 29.2. The van der Waals surface area contributed by atoms with Crippen molar-refractivity contribution in [1.82, 2.24) is 9.80 Å². The molecule has 1 aliphatic heterocycles. The van der Waals surface area contributed by atoms with Crippen molar-refractivity contribution >= 4 is 17.3 Å². The standard InChI is InChI=1S/C23H28F2N4O5/c1-3-33-21-14-17(8-9-20(21)34-23(24)25)15-26(2)16-22(30)28-12-10-27(11-13-28)18-6-4-5-7-19(18)29(31)32/h4-9,14,23H,3,10-13,15-16H2,1-2H3. The van der Waals surface area contributed by atoms with Gasteiger partial charge in [0.25, 0.3) is 5.69 Å². The molecule has 1 heterocycles. The number of hydrogen-bond donors (Lipinski definition) is 0. The summed E-state index contributed by atoms with van der Waals surface area (Å²) in [6.45, 7) is 1.63. The normalized spacial score (nSPS) is 13.9. The average molecular weight is 478 g/mol. The summed E-state index contributed by atoms with van der Waals surface area (Å²) in [5.41, 5.74) is 1.40. The predicted molar refractivity (Wildman–Crippen MR) is 122 cm³/mol. The molecule has 0 aliphatic carbocycles. The van der Waals surface area contributed by atoms with Crippen LogP contribution in [0.4, 0.5) is 20.2 Å². The molecule has 34 heavy (non-hydrogen) atoms. The Labute approximate surface area is 196 Å². The first-order chi connectivity index (χ1) is 16.3. The topological polar surface area (TPSA) is 88.4 Å². The molecule has 0 spiro atoms. The first-order valence-corrected chi connectivity index (χ1v) is 10.9. The number of likely N-dealkylation sites (N-methyl/N-ethyl adjacent to an activating group) is 1. The summed E-state index contributed by atoms with van der Waals surface area (Å²) in [6, 6.07) is 11.3. The van der Waals surface area contributed by atoms with E-state index in [4.69, 9.17) is 4.74 Å². The third-order valence-corrected chi connectivity index (χ3v) is 5.43. The first-order valence-electron chi connectivity index (χ1n) is 10.9. The number of anilines is 1. The van der Waals surface area contributed by atoms with Crippen molar-refractivity contribution in [2.75, 3.05) is 51.3 Å². The van der Waals surface area contributed by atoms with Gasteiger partial charge in [-0.1, -0.05) is 18.2 Å². The van der Waals surface area contributed by atoms with E-state index in [0.717, 1.165) is 5.56 Å². The van der Waals surface area contributed by atoms with Crippen LogP contribution in [-0.2, 0) is 11.3 Å². The van der Waals surface area contributed by atoms with Crippen molar-refractivity contribution in [2.24, 2.45) is 0 Å². The summed E-state index contributed by atoms with van der Waals surface area (Å²) < 4.78 is 35.1. The SMILES string of the molecule is CCOc1cc(CN(C)CC(=O)N2CCN(c3ccccc3[N+](=O)[O-])CC2)ccc1OC(F)F. The van der Waals surface area contributed by atoms with Crippen LogP contribution in [-0.4, -0.2) is 73.6 Å². The van der Waals surface area contributed by atoms with Gasteiger partial charge in [0.1, 0.15) is 5.69 Å². The number of hydrogen-bond acceptors (Lipinski definition) is 7. The molecule has 1 amide bonds. The van der Waals surface area contributed by atoms with Gasteiger partial charge in [-0.2, -0.15) is 8.78 Å². The molecular formula is C23H28F2N4O5. The number of piperazine rings is 1. The maximum Gasteiger partial charge on any atom is 0.387 e. The number of carbonyl (C=O) groups excluding carboxylic acids is 1. The van der Waals surface area contributed by atoms with E-state index < -0.39 is 11.5 Å². The van der Waals surface area contributed by atoms with Gasteiger partial charge in [0.15, 0.2) is 11.5 Å². The molecule has 9 nitrogen and oxygen atoms in total. The molecule has 3 rings (SSSR count). The van der Waals surface area contributed by atoms with Crippen LogP contribution in [0.2, 0.25) is 0 Å². The van der Waals surface area contributed by atoms with E-state index in [0.29, 0.717) is 45.0 Å². The molecule has 0 bridgehead atoms. The van der Waals surface area contributed by atoms with Gasteiger partial charge >= 0.3 is 6.61 Å². The Balaban J connectivity index is 1.55. The summed E-state index contributed by atoms with van der Waals surface area (Å²) in [7, 11) is 1.80. The van der Waals surface area contributed by atoms with Crippen LogP contribution in [0.25, 0.3) is 0 Å². The lowest BCUT2D eigenvalue weighted by molar-refractivity contribution is -0.384. The number of rotatable bonds is 10. The molecule has 0 saturated carbocycles. The Hall–Kier alpha value is -3.47. The lowest BCUT2D eigenvalue weighted by Crippen LogP contribution is -2.51. The molecule has 184 valence electrons. The Morgan fingerprint density at radius 3 is 2.50 bits per heavy atom. The molecule has 0 atom stereocenters. The molecule has 1 fully saturated rings. The molecule has 2 aromatic rings. The molecular weight excluding hydrogens is 450 g/mol. The number of ether oxygens (including phenoxy) is 2. The van der Waals surface area contributed by atoms with Gasteiger partial charge in [-0.3, -0.25) is 19.8 Å². The number of alkyl halides is 2. The highest BCUT2D eigenvalue weighted by molar-refractivity contribution is 5.78. The zero-order valence-electron chi connectivity index (χ0n) is 19.2. The summed E-state index contributed by atoms with van der Waals surface area (Å²) in [5, 5.41) is 11.3. The van der Waals surface area contributed by atoms with E-state index in [2.05, 4.69) is 4.74 Å². The number of nitro groups is 1. The molecule has 0 unspecified atom stereocenters. The minimum absolute atomic E-state index is 0.0316. The monoisotopic (exact) mass is 478 g/mol. The van der Waals surface area contributed by atoms with Crippen LogP contribution in [0.15, 0.2) is 42.5 Å². The lowest BCUT2D eigenvalue weighted by atomic mass is 10.2. The summed E-state index contributed by atoms with van der Waals surface area (Å²) >= 11 is 0. The van der Waals surface area contributed by atoms with E-state index >= 15 is 0 Å². The fraction of sp³-hybridized carbons (Fsp3) is 0.435. The van der Waals surface area contributed by atoms with Crippen molar-refractivity contribution in [2.45, 2.75) is 20.1 Å². The third-order valence-electron chi connectivity index (χ3n) is 5.43. The zero-order chi connectivity index (χ0) is 24.7. The fourth-order valence-electron chi connectivity index (χ4n) is 3.89. The van der Waals surface area contributed by atoms with Crippen LogP contribution in [0.1, 0.15) is 12.5 Å². The van der Waals surface area contributed by atoms with Gasteiger partial charge in [0.2, 0.25) is 5.91 Å². The van der Waals surface area contributed by atoms with Crippen LogP contribution in [0.3, 0.4) is 0 Å². The first kappa shape index (κ1) is 25.2. The summed E-state index contributed by atoms with van der Waals surface area (Å²) in [5.74, 6) is 0.148. The van der Waals surface area contributed by atoms with E-state index in [1.54, 1.807) is 49.2 Å². The largest absolute Gasteiger partial charge is 0.490 e. The number of halogens is 2. The average Bonchev–Trinajstić information content (AvgIpc) is 2.80. The lowest BCUT2D eigenvalue weighted by Gasteiger charge is -2.36. The predicted octanol–water partition coefficient (Wildman–Crippen LogP) is 3.38. The minimum Gasteiger partial charge on any atom is -0.490 e. The maximum absolute atomic E-state index is 12.8. The number of para-hydroxylation sites is 2.